The molecule has 19 heteroatoms. The minimum Gasteiger partial charge on any atom is -0.494 e. The molecule has 3 N–H and O–H groups in total. The first-order chi connectivity index (χ1) is 30.5. The lowest BCUT2D eigenvalue weighted by Gasteiger charge is -2.35. The maximum absolute atomic E-state index is 13.9. The second kappa shape index (κ2) is 20.0. The SMILES string of the molecule is Cc1ncsc1-c1ccc(CNC(=O)[C@@H]2C[C@H](O)CN2C(=O)[C@@H](NC(=O)COCCCCOc2ccc(C3CCN(c4ccc5nnc(C(F)(F)F)n5n4)CC3)cc2)C(C)(C)C)cc1. The zero-order valence-corrected chi connectivity index (χ0v) is 37.1. The summed E-state index contributed by atoms with van der Waals surface area (Å²) in [5.41, 5.74) is 5.20. The molecule has 3 atom stereocenters. The summed E-state index contributed by atoms with van der Waals surface area (Å²) in [5.74, 6) is -0.959. The Labute approximate surface area is 373 Å². The van der Waals surface area contributed by atoms with Crippen molar-refractivity contribution >= 4 is 40.5 Å². The molecule has 2 aliphatic rings. The van der Waals surface area contributed by atoms with Crippen molar-refractivity contribution in [3.63, 3.8) is 0 Å². The fourth-order valence-electron chi connectivity index (χ4n) is 8.05. The third-order valence-electron chi connectivity index (χ3n) is 11.6. The number of aliphatic hydroxyl groups is 1. The van der Waals surface area contributed by atoms with Gasteiger partial charge in [-0.05, 0) is 84.9 Å². The van der Waals surface area contributed by atoms with E-state index in [0.717, 1.165) is 50.4 Å². The number of amides is 3. The Morgan fingerprint density at radius 3 is 2.34 bits per heavy atom. The number of aryl methyl sites for hydroxylation is 1. The molecule has 0 radical (unpaired) electrons. The van der Waals surface area contributed by atoms with Gasteiger partial charge < -0.3 is 35.0 Å². The molecule has 0 spiro atoms. The van der Waals surface area contributed by atoms with Gasteiger partial charge in [0.15, 0.2) is 5.65 Å². The van der Waals surface area contributed by atoms with Crippen LogP contribution in [-0.4, -0.2) is 110 Å². The second-order valence-corrected chi connectivity index (χ2v) is 18.2. The van der Waals surface area contributed by atoms with Gasteiger partial charge in [0, 0.05) is 39.2 Å². The average Bonchev–Trinajstić information content (AvgIpc) is 4.02. The zero-order chi connectivity index (χ0) is 45.6. The summed E-state index contributed by atoms with van der Waals surface area (Å²) in [6.45, 7) is 9.47. The summed E-state index contributed by atoms with van der Waals surface area (Å²) in [4.78, 5) is 49.1. The number of nitrogens with zero attached hydrogens (tertiary/aromatic N) is 7. The number of carbonyl (C=O) groups excluding carboxylic acids is 3. The lowest BCUT2D eigenvalue weighted by Crippen LogP contribution is -2.58. The molecular formula is C45H54F3N9O6S. The number of hydrogen-bond acceptors (Lipinski definition) is 12. The van der Waals surface area contributed by atoms with Crippen LogP contribution in [0.2, 0.25) is 0 Å². The summed E-state index contributed by atoms with van der Waals surface area (Å²) in [5, 5.41) is 27.3. The molecule has 5 heterocycles. The van der Waals surface area contributed by atoms with Crippen molar-refractivity contribution in [1.29, 1.82) is 0 Å². The number of aromatic nitrogens is 5. The summed E-state index contributed by atoms with van der Waals surface area (Å²) in [6, 6.07) is 17.1. The number of unbranched alkanes of at least 4 members (excludes halogenated alkanes) is 1. The minimum absolute atomic E-state index is 0.0190. The molecule has 342 valence electrons. The Morgan fingerprint density at radius 2 is 1.67 bits per heavy atom. The van der Waals surface area contributed by atoms with Crippen molar-refractivity contribution in [3.05, 3.63) is 88.8 Å². The van der Waals surface area contributed by atoms with Gasteiger partial charge in [0.2, 0.25) is 17.7 Å². The predicted molar refractivity (Wildman–Crippen MR) is 234 cm³/mol. The van der Waals surface area contributed by atoms with Crippen LogP contribution in [0.25, 0.3) is 16.1 Å². The number of rotatable bonds is 16. The van der Waals surface area contributed by atoms with Gasteiger partial charge in [-0.1, -0.05) is 57.2 Å². The Hall–Kier alpha value is -5.66. The van der Waals surface area contributed by atoms with Crippen molar-refractivity contribution in [3.8, 4) is 16.2 Å². The monoisotopic (exact) mass is 905 g/mol. The van der Waals surface area contributed by atoms with Crippen LogP contribution in [0.1, 0.15) is 81.4 Å². The van der Waals surface area contributed by atoms with Crippen LogP contribution in [0.15, 0.2) is 66.2 Å². The van der Waals surface area contributed by atoms with Gasteiger partial charge in [-0.2, -0.15) is 17.7 Å². The Morgan fingerprint density at radius 1 is 0.953 bits per heavy atom. The number of thiazole rings is 1. The van der Waals surface area contributed by atoms with Gasteiger partial charge >= 0.3 is 6.18 Å². The van der Waals surface area contributed by atoms with E-state index in [-0.39, 0.29) is 43.6 Å². The molecule has 0 unspecified atom stereocenters. The van der Waals surface area contributed by atoms with E-state index in [1.807, 2.05) is 81.1 Å². The summed E-state index contributed by atoms with van der Waals surface area (Å²) in [7, 11) is 0. The maximum Gasteiger partial charge on any atom is 0.453 e. The highest BCUT2D eigenvalue weighted by Crippen LogP contribution is 2.33. The highest BCUT2D eigenvalue weighted by Gasteiger charge is 2.44. The number of nitrogens with one attached hydrogen (secondary N) is 2. The largest absolute Gasteiger partial charge is 0.494 e. The molecular weight excluding hydrogens is 852 g/mol. The number of alkyl halides is 3. The number of aliphatic hydroxyl groups excluding tert-OH is 1. The van der Waals surface area contributed by atoms with E-state index < -0.39 is 47.4 Å². The quantitative estimate of drug-likeness (QED) is 0.1000. The molecule has 0 saturated carbocycles. The second-order valence-electron chi connectivity index (χ2n) is 17.4. The zero-order valence-electron chi connectivity index (χ0n) is 36.3. The fraction of sp³-hybridized carbons (Fsp3) is 0.489. The number of halogens is 3. The normalized spacial score (nSPS) is 17.8. The van der Waals surface area contributed by atoms with E-state index in [1.54, 1.807) is 22.9 Å². The number of ether oxygens (including phenoxy) is 2. The molecule has 2 fully saturated rings. The number of β-amino-alcohol motifs (C(OH)–C–C–N with tert-alkyl or cyclic N) is 1. The number of carbonyl (C=O) groups is 3. The molecule has 64 heavy (non-hydrogen) atoms. The van der Waals surface area contributed by atoms with Crippen molar-refractivity contribution in [2.75, 3.05) is 44.4 Å². The Bertz CT molecular complexity index is 2380. The van der Waals surface area contributed by atoms with E-state index in [1.165, 1.54) is 11.0 Å². The molecule has 3 aromatic heterocycles. The van der Waals surface area contributed by atoms with Gasteiger partial charge in [0.05, 0.1) is 28.8 Å². The van der Waals surface area contributed by atoms with Crippen molar-refractivity contribution in [1.82, 2.24) is 40.3 Å². The molecule has 15 nitrogen and oxygen atoms in total. The first-order valence-corrected chi connectivity index (χ1v) is 22.3. The number of fused-ring (bicyclic) bond motifs is 1. The molecule has 7 rings (SSSR count). The van der Waals surface area contributed by atoms with Gasteiger partial charge in [0.1, 0.15) is 30.3 Å². The maximum atomic E-state index is 13.9. The third-order valence-corrected chi connectivity index (χ3v) is 12.5. The van der Waals surface area contributed by atoms with E-state index >= 15 is 0 Å². The molecule has 2 aliphatic heterocycles. The van der Waals surface area contributed by atoms with Gasteiger partial charge in [-0.3, -0.25) is 14.4 Å². The van der Waals surface area contributed by atoms with Gasteiger partial charge in [-0.15, -0.1) is 26.6 Å². The van der Waals surface area contributed by atoms with E-state index in [2.05, 4.69) is 30.9 Å². The minimum atomic E-state index is -4.65. The number of benzene rings is 2. The van der Waals surface area contributed by atoms with Crippen LogP contribution in [0.5, 0.6) is 5.75 Å². The van der Waals surface area contributed by atoms with Crippen LogP contribution in [0.3, 0.4) is 0 Å². The first kappa shape index (κ1) is 46.3. The summed E-state index contributed by atoms with van der Waals surface area (Å²) < 4.78 is 52.3. The van der Waals surface area contributed by atoms with E-state index in [9.17, 15) is 32.7 Å². The topological polar surface area (TPSA) is 176 Å². The Balaban J connectivity index is 0.799. The van der Waals surface area contributed by atoms with Crippen LogP contribution in [0.4, 0.5) is 19.0 Å². The number of likely N-dealkylation sites (tertiary alicyclic amines) is 1. The Kier molecular flexibility index (Phi) is 14.5. The van der Waals surface area contributed by atoms with E-state index in [0.29, 0.717) is 45.0 Å². The highest BCUT2D eigenvalue weighted by molar-refractivity contribution is 7.13. The third kappa shape index (κ3) is 11.3. The lowest BCUT2D eigenvalue weighted by molar-refractivity contribution is -0.146. The molecule has 2 aromatic carbocycles. The molecule has 0 bridgehead atoms. The lowest BCUT2D eigenvalue weighted by atomic mass is 9.85. The fourth-order valence-corrected chi connectivity index (χ4v) is 8.86. The van der Waals surface area contributed by atoms with Crippen LogP contribution in [-0.2, 0) is 31.8 Å². The molecule has 5 aromatic rings. The van der Waals surface area contributed by atoms with Crippen molar-refractivity contribution in [2.24, 2.45) is 5.41 Å². The number of hydrogen-bond donors (Lipinski definition) is 3. The van der Waals surface area contributed by atoms with Crippen LogP contribution < -0.4 is 20.3 Å². The van der Waals surface area contributed by atoms with E-state index in [4.69, 9.17) is 9.47 Å². The number of piperidine rings is 1. The van der Waals surface area contributed by atoms with Crippen molar-refractivity contribution in [2.45, 2.75) is 96.6 Å². The molecule has 3 amide bonds. The molecule has 0 aliphatic carbocycles. The summed E-state index contributed by atoms with van der Waals surface area (Å²) >= 11 is 1.57. The summed E-state index contributed by atoms with van der Waals surface area (Å²) in [6.07, 6.45) is -2.49. The highest BCUT2D eigenvalue weighted by atomic mass is 32.1. The number of anilines is 1. The predicted octanol–water partition coefficient (Wildman–Crippen LogP) is 5.94. The van der Waals surface area contributed by atoms with Gasteiger partial charge in [0.25, 0.3) is 5.82 Å². The van der Waals surface area contributed by atoms with Crippen molar-refractivity contribution < 1.29 is 42.1 Å². The molecule has 2 saturated heterocycles. The standard InChI is InChI=1S/C45H54F3N9O6S/c1-28-39(64-27-50-28)32-9-7-29(8-10-32)24-49-41(60)35-23-33(58)25-56(35)42(61)40(44(2,3)4)51-38(59)26-62-21-5-6-22-63-34-13-11-30(12-14-34)31-17-19-55(20-18-31)37-16-15-36-52-53-43(45(46,47)48)57(36)54-37/h7-16,27,31,33,35,40,58H,5-6,17-26H2,1-4H3,(H,49,60)(H,51,59)/t33-,35-,40+/m0/s1. The van der Waals surface area contributed by atoms with Gasteiger partial charge in [-0.25, -0.2) is 4.98 Å². The first-order valence-electron chi connectivity index (χ1n) is 21.5. The van der Waals surface area contributed by atoms with Crippen LogP contribution in [0, 0.1) is 12.3 Å². The average molecular weight is 906 g/mol. The smallest absolute Gasteiger partial charge is 0.453 e. The van der Waals surface area contributed by atoms with Crippen LogP contribution >= 0.6 is 11.3 Å².